The third-order valence-electron chi connectivity index (χ3n) is 4.52. The molecule has 0 N–H and O–H groups in total. The van der Waals surface area contributed by atoms with Crippen molar-refractivity contribution >= 4 is 21.6 Å². The van der Waals surface area contributed by atoms with Gasteiger partial charge in [0.1, 0.15) is 6.04 Å². The van der Waals surface area contributed by atoms with Gasteiger partial charge in [-0.15, -0.1) is 0 Å². The number of carbonyl (C=O) groups is 1. The lowest BCUT2D eigenvalue weighted by atomic mass is 10.1. The molecule has 0 aliphatic heterocycles. The number of amides is 1. The summed E-state index contributed by atoms with van der Waals surface area (Å²) in [4.78, 5) is 14.7. The Morgan fingerprint density at radius 1 is 0.963 bits per heavy atom. The van der Waals surface area contributed by atoms with Gasteiger partial charge in [0.15, 0.2) is 0 Å². The van der Waals surface area contributed by atoms with Gasteiger partial charge in [0.25, 0.3) is 0 Å². The van der Waals surface area contributed by atoms with Crippen molar-refractivity contribution in [3.05, 3.63) is 65.2 Å². The summed E-state index contributed by atoms with van der Waals surface area (Å²) in [6, 6.07) is 14.4. The smallest absolute Gasteiger partial charge is 0.246 e. The molecule has 146 valence electrons. The maximum atomic E-state index is 13.1. The summed E-state index contributed by atoms with van der Waals surface area (Å²) in [5.74, 6) is -0.218. The van der Waals surface area contributed by atoms with Gasteiger partial charge in [0.2, 0.25) is 15.9 Å². The van der Waals surface area contributed by atoms with Crippen LogP contribution in [0.4, 0.5) is 5.69 Å². The van der Waals surface area contributed by atoms with Gasteiger partial charge in [-0.3, -0.25) is 9.10 Å². The monoisotopic (exact) mass is 388 g/mol. The van der Waals surface area contributed by atoms with Gasteiger partial charge < -0.3 is 4.90 Å². The Morgan fingerprint density at radius 2 is 1.44 bits per heavy atom. The summed E-state index contributed by atoms with van der Waals surface area (Å²) in [5.41, 5.74) is 3.70. The highest BCUT2D eigenvalue weighted by atomic mass is 32.2. The molecule has 5 nitrogen and oxygen atoms in total. The van der Waals surface area contributed by atoms with E-state index < -0.39 is 16.1 Å². The highest BCUT2D eigenvalue weighted by Gasteiger charge is 2.33. The minimum atomic E-state index is -3.61. The van der Waals surface area contributed by atoms with Crippen LogP contribution in [0, 0.1) is 13.8 Å². The third kappa shape index (κ3) is 5.32. The van der Waals surface area contributed by atoms with Gasteiger partial charge in [0.05, 0.1) is 11.9 Å². The van der Waals surface area contributed by atoms with E-state index in [4.69, 9.17) is 0 Å². The molecule has 0 saturated heterocycles. The first-order valence-electron chi connectivity index (χ1n) is 9.00. The number of sulfonamides is 1. The van der Waals surface area contributed by atoms with Gasteiger partial charge in [-0.1, -0.05) is 54.4 Å². The SMILES string of the molecule is CC[C@H](C(=O)N(C)Cc1ccc(C)cc1)N(c1ccc(C)cc1)S(C)(=O)=O. The maximum Gasteiger partial charge on any atom is 0.246 e. The molecule has 1 amide bonds. The lowest BCUT2D eigenvalue weighted by Gasteiger charge is -2.33. The van der Waals surface area contributed by atoms with Crippen molar-refractivity contribution in [3.63, 3.8) is 0 Å². The molecule has 2 aromatic rings. The number of hydrogen-bond acceptors (Lipinski definition) is 3. The van der Waals surface area contributed by atoms with E-state index in [1.807, 2.05) is 57.2 Å². The van der Waals surface area contributed by atoms with Gasteiger partial charge in [-0.2, -0.15) is 0 Å². The fourth-order valence-electron chi connectivity index (χ4n) is 3.03. The van der Waals surface area contributed by atoms with Crippen LogP contribution in [0.5, 0.6) is 0 Å². The standard InChI is InChI=1S/C21H28N2O3S/c1-6-20(21(24)22(4)15-18-11-7-16(2)8-12-18)23(27(5,25)26)19-13-9-17(3)10-14-19/h7-14,20H,6,15H2,1-5H3/t20-/m1/s1. The van der Waals surface area contributed by atoms with Crippen LogP contribution in [-0.4, -0.2) is 38.6 Å². The number of hydrogen-bond donors (Lipinski definition) is 0. The van der Waals surface area contributed by atoms with Crippen LogP contribution in [0.3, 0.4) is 0 Å². The van der Waals surface area contributed by atoms with Crippen LogP contribution >= 0.6 is 0 Å². The molecule has 0 aliphatic carbocycles. The molecular formula is C21H28N2O3S. The van der Waals surface area contributed by atoms with Crippen molar-refractivity contribution in [1.29, 1.82) is 0 Å². The van der Waals surface area contributed by atoms with Crippen LogP contribution in [-0.2, 0) is 21.4 Å². The van der Waals surface area contributed by atoms with Gasteiger partial charge in [0, 0.05) is 13.6 Å². The molecule has 0 fully saturated rings. The topological polar surface area (TPSA) is 57.7 Å². The fourth-order valence-corrected chi connectivity index (χ4v) is 4.24. The van der Waals surface area contributed by atoms with E-state index in [1.54, 1.807) is 24.1 Å². The normalized spacial score (nSPS) is 12.5. The van der Waals surface area contributed by atoms with Crippen molar-refractivity contribution in [3.8, 4) is 0 Å². The Balaban J connectivity index is 2.30. The van der Waals surface area contributed by atoms with Crippen LogP contribution in [0.2, 0.25) is 0 Å². The number of carbonyl (C=O) groups excluding carboxylic acids is 1. The molecule has 1 atom stereocenters. The first-order chi connectivity index (χ1) is 12.6. The predicted molar refractivity (Wildman–Crippen MR) is 110 cm³/mol. The predicted octanol–water partition coefficient (Wildman–Crippen LogP) is 3.51. The minimum absolute atomic E-state index is 0.218. The molecule has 0 spiro atoms. The zero-order chi connectivity index (χ0) is 20.2. The average molecular weight is 389 g/mol. The molecule has 2 rings (SSSR count). The van der Waals surface area contributed by atoms with Gasteiger partial charge in [-0.05, 0) is 38.0 Å². The summed E-state index contributed by atoms with van der Waals surface area (Å²) in [5, 5.41) is 0. The minimum Gasteiger partial charge on any atom is -0.340 e. The third-order valence-corrected chi connectivity index (χ3v) is 5.70. The number of anilines is 1. The van der Waals surface area contributed by atoms with E-state index in [2.05, 4.69) is 0 Å². The largest absolute Gasteiger partial charge is 0.340 e. The quantitative estimate of drug-likeness (QED) is 0.729. The number of aryl methyl sites for hydroxylation is 2. The van der Waals surface area contributed by atoms with E-state index in [9.17, 15) is 13.2 Å². The fraction of sp³-hybridized carbons (Fsp3) is 0.381. The molecule has 0 saturated carbocycles. The molecule has 27 heavy (non-hydrogen) atoms. The zero-order valence-electron chi connectivity index (χ0n) is 16.6. The zero-order valence-corrected chi connectivity index (χ0v) is 17.5. The van der Waals surface area contributed by atoms with Crippen LogP contribution in [0.1, 0.15) is 30.0 Å². The number of nitrogens with zero attached hydrogens (tertiary/aromatic N) is 2. The molecular weight excluding hydrogens is 360 g/mol. The van der Waals surface area contributed by atoms with Crippen molar-refractivity contribution in [1.82, 2.24) is 4.90 Å². The molecule has 0 radical (unpaired) electrons. The van der Waals surface area contributed by atoms with E-state index in [1.165, 1.54) is 4.31 Å². The molecule has 0 aromatic heterocycles. The van der Waals surface area contributed by atoms with Crippen molar-refractivity contribution in [2.45, 2.75) is 39.8 Å². The Hall–Kier alpha value is -2.34. The van der Waals surface area contributed by atoms with Crippen LogP contribution in [0.25, 0.3) is 0 Å². The Labute approximate surface area is 162 Å². The van der Waals surface area contributed by atoms with Crippen molar-refractivity contribution in [2.24, 2.45) is 0 Å². The lowest BCUT2D eigenvalue weighted by molar-refractivity contribution is -0.131. The molecule has 0 bridgehead atoms. The number of rotatable bonds is 7. The molecule has 0 unspecified atom stereocenters. The molecule has 2 aromatic carbocycles. The highest BCUT2D eigenvalue weighted by Crippen LogP contribution is 2.24. The summed E-state index contributed by atoms with van der Waals surface area (Å²) < 4.78 is 26.2. The average Bonchev–Trinajstić information content (AvgIpc) is 2.61. The van der Waals surface area contributed by atoms with Gasteiger partial charge in [-0.25, -0.2) is 8.42 Å². The second-order valence-electron chi connectivity index (χ2n) is 7.00. The van der Waals surface area contributed by atoms with Gasteiger partial charge >= 0.3 is 0 Å². The van der Waals surface area contributed by atoms with Crippen molar-refractivity contribution < 1.29 is 13.2 Å². The van der Waals surface area contributed by atoms with E-state index in [-0.39, 0.29) is 5.91 Å². The summed E-state index contributed by atoms with van der Waals surface area (Å²) in [6.45, 7) is 6.21. The Morgan fingerprint density at radius 3 is 1.89 bits per heavy atom. The molecule has 0 aliphatic rings. The maximum absolute atomic E-state index is 13.1. The lowest BCUT2D eigenvalue weighted by Crippen LogP contribution is -2.49. The summed E-state index contributed by atoms with van der Waals surface area (Å²) in [7, 11) is -1.90. The first kappa shape index (κ1) is 21.0. The number of benzene rings is 2. The molecule has 0 heterocycles. The first-order valence-corrected chi connectivity index (χ1v) is 10.8. The van der Waals surface area contributed by atoms with E-state index in [0.717, 1.165) is 22.9 Å². The molecule has 6 heteroatoms. The highest BCUT2D eigenvalue weighted by molar-refractivity contribution is 7.92. The second kappa shape index (κ2) is 8.57. The van der Waals surface area contributed by atoms with Crippen LogP contribution in [0.15, 0.2) is 48.5 Å². The van der Waals surface area contributed by atoms with Crippen LogP contribution < -0.4 is 4.31 Å². The Kier molecular flexibility index (Phi) is 6.65. The van der Waals surface area contributed by atoms with Crippen molar-refractivity contribution in [2.75, 3.05) is 17.6 Å². The summed E-state index contributed by atoms with van der Waals surface area (Å²) >= 11 is 0. The summed E-state index contributed by atoms with van der Waals surface area (Å²) in [6.07, 6.45) is 1.53. The van der Waals surface area contributed by atoms with E-state index in [0.29, 0.717) is 18.7 Å². The number of likely N-dealkylation sites (N-methyl/N-ethyl adjacent to an activating group) is 1. The second-order valence-corrected chi connectivity index (χ2v) is 8.86. The van der Waals surface area contributed by atoms with E-state index >= 15 is 0 Å². The Bertz CT molecular complexity index is 875.